The molecule has 6 nitrogen and oxygen atoms in total. The molecule has 0 heterocycles. The van der Waals surface area contributed by atoms with Gasteiger partial charge in [0.2, 0.25) is 0 Å². The van der Waals surface area contributed by atoms with Gasteiger partial charge in [-0.15, -0.1) is 0 Å². The summed E-state index contributed by atoms with van der Waals surface area (Å²) in [5, 5.41) is 19.9. The van der Waals surface area contributed by atoms with Gasteiger partial charge >= 0.3 is 5.97 Å². The molecule has 0 spiro atoms. The van der Waals surface area contributed by atoms with Crippen LogP contribution < -0.4 is 9.84 Å². The first-order chi connectivity index (χ1) is 15.5. The first-order valence-electron chi connectivity index (χ1n) is 11.9. The molecule has 0 radical (unpaired) electrons. The van der Waals surface area contributed by atoms with Crippen LogP contribution >= 0.6 is 0 Å². The Hall–Kier alpha value is -2.50. The van der Waals surface area contributed by atoms with Crippen LogP contribution in [0.15, 0.2) is 24.3 Å². The fraction of sp³-hybridized carbons (Fsp3) is 0.615. The predicted octanol–water partition coefficient (Wildman–Crippen LogP) is 5.17. The average Bonchev–Trinajstić information content (AvgIpc) is 2.78. The highest BCUT2D eigenvalue weighted by molar-refractivity contribution is 5.87. The molecule has 0 aliphatic carbocycles. The summed E-state index contributed by atoms with van der Waals surface area (Å²) in [5.41, 5.74) is 0.755. The highest BCUT2D eigenvalue weighted by Gasteiger charge is 2.02. The minimum Gasteiger partial charge on any atom is -0.550 e. The summed E-state index contributed by atoms with van der Waals surface area (Å²) in [6.07, 6.45) is 17.9. The molecule has 1 rings (SSSR count). The molecule has 0 saturated carbocycles. The number of carbonyl (C=O) groups is 2. The van der Waals surface area contributed by atoms with Gasteiger partial charge in [-0.25, -0.2) is 4.79 Å². The van der Waals surface area contributed by atoms with E-state index in [0.29, 0.717) is 12.4 Å². The molecule has 0 unspecified atom stereocenters. The number of carboxylic acid groups (broad SMARTS) is 1. The third-order valence-electron chi connectivity index (χ3n) is 5.39. The van der Waals surface area contributed by atoms with Crippen LogP contribution in [0.25, 0.3) is 6.08 Å². The number of hydrogen-bond acceptors (Lipinski definition) is 6. The number of carbonyl (C=O) groups excluding carboxylic acids is 2. The number of methoxy groups -OCH3 is 1. The molecule has 0 amide bonds. The minimum atomic E-state index is -0.938. The molecule has 0 bridgehead atoms. The Morgan fingerprint density at radius 3 is 1.94 bits per heavy atom. The zero-order valence-corrected chi connectivity index (χ0v) is 19.5. The molecular formula is C26H39O6-. The van der Waals surface area contributed by atoms with Gasteiger partial charge in [-0.05, 0) is 43.0 Å². The lowest BCUT2D eigenvalue weighted by molar-refractivity contribution is -0.305. The number of unbranched alkanes of at least 4 members (excludes halogenated alkanes) is 12. The zero-order valence-electron chi connectivity index (χ0n) is 19.5. The quantitative estimate of drug-likeness (QED) is 0.179. The van der Waals surface area contributed by atoms with Crippen molar-refractivity contribution in [3.05, 3.63) is 29.8 Å². The van der Waals surface area contributed by atoms with Crippen molar-refractivity contribution in [1.82, 2.24) is 0 Å². The van der Waals surface area contributed by atoms with Crippen molar-refractivity contribution in [2.75, 3.05) is 13.7 Å². The first-order valence-corrected chi connectivity index (χ1v) is 11.9. The summed E-state index contributed by atoms with van der Waals surface area (Å²) in [6.45, 7) is 0.436. The average molecular weight is 448 g/mol. The minimum absolute atomic E-state index is 0.0622. The van der Waals surface area contributed by atoms with Gasteiger partial charge in [0.15, 0.2) is 11.5 Å². The maximum Gasteiger partial charge on any atom is 0.330 e. The van der Waals surface area contributed by atoms with E-state index in [9.17, 15) is 19.8 Å². The standard InChI is InChI=1S/C26H40O6/c1-31-24-21-22(16-18-23(24)27)17-19-26(30)32-20-14-12-10-8-6-4-2-3-5-7-9-11-13-15-25(28)29/h16-19,21,27H,2-15,20H2,1H3,(H,28,29)/p-1/b19-17+. The third-order valence-corrected chi connectivity index (χ3v) is 5.39. The van der Waals surface area contributed by atoms with Crippen molar-refractivity contribution in [2.45, 2.75) is 89.9 Å². The number of aliphatic carboxylic acids is 1. The Bertz CT molecular complexity index is 683. The van der Waals surface area contributed by atoms with Gasteiger partial charge in [-0.3, -0.25) is 0 Å². The van der Waals surface area contributed by atoms with Crippen molar-refractivity contribution in [3.63, 3.8) is 0 Å². The SMILES string of the molecule is COc1cc(/C=C/C(=O)OCCCCCCCCCCCCCCCC(=O)[O-])ccc1O. The van der Waals surface area contributed by atoms with E-state index in [1.807, 2.05) is 0 Å². The molecule has 1 aromatic carbocycles. The van der Waals surface area contributed by atoms with Crippen molar-refractivity contribution >= 4 is 18.0 Å². The lowest BCUT2D eigenvalue weighted by atomic mass is 10.0. The number of aromatic hydroxyl groups is 1. The van der Waals surface area contributed by atoms with Crippen LogP contribution in [-0.2, 0) is 14.3 Å². The van der Waals surface area contributed by atoms with Gasteiger partial charge in [-0.2, -0.15) is 0 Å². The third kappa shape index (κ3) is 14.5. The van der Waals surface area contributed by atoms with E-state index in [2.05, 4.69) is 0 Å². The van der Waals surface area contributed by atoms with Gasteiger partial charge in [0.25, 0.3) is 0 Å². The Morgan fingerprint density at radius 2 is 1.41 bits per heavy atom. The number of carboxylic acids is 1. The lowest BCUT2D eigenvalue weighted by Crippen LogP contribution is -2.21. The maximum absolute atomic E-state index is 11.8. The fourth-order valence-electron chi connectivity index (χ4n) is 3.50. The summed E-state index contributed by atoms with van der Waals surface area (Å²) in [6, 6.07) is 4.88. The van der Waals surface area contributed by atoms with E-state index < -0.39 is 5.97 Å². The monoisotopic (exact) mass is 447 g/mol. The summed E-state index contributed by atoms with van der Waals surface area (Å²) < 4.78 is 10.3. The molecule has 180 valence electrons. The number of phenolic OH excluding ortho intramolecular Hbond substituents is 1. The van der Waals surface area contributed by atoms with E-state index in [1.54, 1.807) is 18.2 Å². The number of esters is 1. The highest BCUT2D eigenvalue weighted by Crippen LogP contribution is 2.26. The number of rotatable bonds is 19. The summed E-state index contributed by atoms with van der Waals surface area (Å²) >= 11 is 0. The topological polar surface area (TPSA) is 95.9 Å². The van der Waals surface area contributed by atoms with Crippen LogP contribution in [0.2, 0.25) is 0 Å². The van der Waals surface area contributed by atoms with Gasteiger partial charge in [-0.1, -0.05) is 76.7 Å². The molecular weight excluding hydrogens is 408 g/mol. The molecule has 0 fully saturated rings. The van der Waals surface area contributed by atoms with Crippen molar-refractivity contribution in [1.29, 1.82) is 0 Å². The summed E-state index contributed by atoms with van der Waals surface area (Å²) in [4.78, 5) is 22.1. The smallest absolute Gasteiger partial charge is 0.330 e. The first kappa shape index (κ1) is 27.5. The van der Waals surface area contributed by atoms with Crippen LogP contribution in [0.1, 0.15) is 95.5 Å². The molecule has 0 atom stereocenters. The predicted molar refractivity (Wildman–Crippen MR) is 124 cm³/mol. The summed E-state index contributed by atoms with van der Waals surface area (Å²) in [7, 11) is 1.48. The number of phenols is 1. The maximum atomic E-state index is 11.8. The molecule has 0 saturated heterocycles. The van der Waals surface area contributed by atoms with E-state index in [4.69, 9.17) is 9.47 Å². The second-order valence-corrected chi connectivity index (χ2v) is 8.15. The van der Waals surface area contributed by atoms with Crippen LogP contribution in [-0.4, -0.2) is 30.8 Å². The Labute approximate surface area is 192 Å². The second-order valence-electron chi connectivity index (χ2n) is 8.15. The molecule has 1 aromatic rings. The Balaban J connectivity index is 1.90. The molecule has 6 heteroatoms. The lowest BCUT2D eigenvalue weighted by Gasteiger charge is -2.05. The Morgan fingerprint density at radius 1 is 0.875 bits per heavy atom. The van der Waals surface area contributed by atoms with Gasteiger partial charge < -0.3 is 24.5 Å². The Kier molecular flexibility index (Phi) is 15.6. The number of ether oxygens (including phenoxy) is 2. The van der Waals surface area contributed by atoms with Crippen molar-refractivity contribution < 1.29 is 29.3 Å². The normalized spacial score (nSPS) is 11.0. The zero-order chi connectivity index (χ0) is 23.4. The largest absolute Gasteiger partial charge is 0.550 e. The van der Waals surface area contributed by atoms with Gasteiger partial charge in [0, 0.05) is 12.0 Å². The molecule has 0 aromatic heterocycles. The van der Waals surface area contributed by atoms with E-state index >= 15 is 0 Å². The number of hydrogen-bond donors (Lipinski definition) is 1. The van der Waals surface area contributed by atoms with Crippen molar-refractivity contribution in [2.24, 2.45) is 0 Å². The molecule has 1 N–H and O–H groups in total. The molecule has 32 heavy (non-hydrogen) atoms. The van der Waals surface area contributed by atoms with E-state index in [1.165, 1.54) is 70.6 Å². The number of benzene rings is 1. The van der Waals surface area contributed by atoms with Gasteiger partial charge in [0.1, 0.15) is 0 Å². The fourth-order valence-corrected chi connectivity index (χ4v) is 3.50. The van der Waals surface area contributed by atoms with Crippen LogP contribution in [0.5, 0.6) is 11.5 Å². The van der Waals surface area contributed by atoms with Crippen LogP contribution in [0.4, 0.5) is 0 Å². The summed E-state index contributed by atoms with van der Waals surface area (Å²) in [5.74, 6) is -0.876. The van der Waals surface area contributed by atoms with E-state index in [-0.39, 0.29) is 18.1 Å². The molecule has 0 aliphatic heterocycles. The van der Waals surface area contributed by atoms with Crippen molar-refractivity contribution in [3.8, 4) is 11.5 Å². The van der Waals surface area contributed by atoms with Crippen LogP contribution in [0.3, 0.4) is 0 Å². The van der Waals surface area contributed by atoms with Crippen LogP contribution in [0, 0.1) is 0 Å². The molecule has 0 aliphatic rings. The highest BCUT2D eigenvalue weighted by atomic mass is 16.5. The second kappa shape index (κ2) is 18.1. The van der Waals surface area contributed by atoms with E-state index in [0.717, 1.165) is 37.7 Å². The van der Waals surface area contributed by atoms with Gasteiger partial charge in [0.05, 0.1) is 13.7 Å².